The number of rotatable bonds is 2. The van der Waals surface area contributed by atoms with E-state index < -0.39 is 10.1 Å². The third-order valence-corrected chi connectivity index (χ3v) is 5.71. The molecule has 2 bridgehead atoms. The Morgan fingerprint density at radius 1 is 1.20 bits per heavy atom. The van der Waals surface area contributed by atoms with E-state index in [1.165, 1.54) is 0 Å². The number of fused-ring (bicyclic) bond motifs is 1. The van der Waals surface area contributed by atoms with E-state index in [4.69, 9.17) is 4.18 Å². The molecule has 2 aliphatic carbocycles. The average molecular weight is 306 g/mol. The van der Waals surface area contributed by atoms with E-state index in [1.54, 1.807) is 13.8 Å². The van der Waals surface area contributed by atoms with Gasteiger partial charge in [0.15, 0.2) is 0 Å². The molecule has 3 aliphatic rings. The number of ether oxygens (including phenoxy) is 1. The van der Waals surface area contributed by atoms with Gasteiger partial charge < -0.3 is 4.74 Å². The fourth-order valence-corrected chi connectivity index (χ4v) is 5.10. The van der Waals surface area contributed by atoms with Gasteiger partial charge >= 0.3 is 5.97 Å². The fraction of sp³-hybridized carbons (Fsp3) is 0.929. The lowest BCUT2D eigenvalue weighted by atomic mass is 9.98. The monoisotopic (exact) mass is 306 g/mol. The van der Waals surface area contributed by atoms with E-state index in [9.17, 15) is 13.2 Å². The Morgan fingerprint density at radius 3 is 2.20 bits per heavy atom. The molecule has 0 N–H and O–H groups in total. The molecule has 1 heterocycles. The van der Waals surface area contributed by atoms with Gasteiger partial charge in [-0.2, -0.15) is 8.42 Å². The van der Waals surface area contributed by atoms with E-state index in [0.29, 0.717) is 24.9 Å². The standard InChI is InChI=1S/C7H10O3S.C5H10O2.C2H6/c8-11(9)7-3-4-1-5(7)6(2-4)10-11;1-3-5(6)7-4-2;1-2/h4-7H,1-3H2;3-4H2,1-2H3;1-2H3. The van der Waals surface area contributed by atoms with Crippen LogP contribution in [0, 0.1) is 11.8 Å². The Hall–Kier alpha value is -0.620. The second-order valence-corrected chi connectivity index (χ2v) is 6.85. The highest BCUT2D eigenvalue weighted by molar-refractivity contribution is 7.87. The first kappa shape index (κ1) is 17.4. The molecule has 1 saturated heterocycles. The summed E-state index contributed by atoms with van der Waals surface area (Å²) in [6.07, 6.45) is 3.48. The quantitative estimate of drug-likeness (QED) is 0.579. The van der Waals surface area contributed by atoms with Gasteiger partial charge in [0.1, 0.15) is 0 Å². The summed E-state index contributed by atoms with van der Waals surface area (Å²) in [6, 6.07) is 0. The highest BCUT2D eigenvalue weighted by Gasteiger charge is 2.59. The van der Waals surface area contributed by atoms with Crippen LogP contribution in [-0.4, -0.2) is 32.3 Å². The molecule has 4 atom stereocenters. The van der Waals surface area contributed by atoms with Gasteiger partial charge in [-0.25, -0.2) is 0 Å². The summed E-state index contributed by atoms with van der Waals surface area (Å²) in [7, 11) is -3.13. The van der Waals surface area contributed by atoms with Crippen LogP contribution in [0.5, 0.6) is 0 Å². The fourth-order valence-electron chi connectivity index (χ4n) is 3.17. The summed E-state index contributed by atoms with van der Waals surface area (Å²) in [5.41, 5.74) is 0. The van der Waals surface area contributed by atoms with E-state index >= 15 is 0 Å². The highest BCUT2D eigenvalue weighted by atomic mass is 32.2. The van der Waals surface area contributed by atoms with Crippen LogP contribution < -0.4 is 0 Å². The first-order valence-electron chi connectivity index (χ1n) is 7.55. The second-order valence-electron chi connectivity index (χ2n) is 5.06. The smallest absolute Gasteiger partial charge is 0.305 e. The average Bonchev–Trinajstić information content (AvgIpc) is 3.04. The zero-order valence-electron chi connectivity index (χ0n) is 12.8. The summed E-state index contributed by atoms with van der Waals surface area (Å²) >= 11 is 0. The van der Waals surface area contributed by atoms with E-state index in [-0.39, 0.29) is 17.3 Å². The maximum atomic E-state index is 11.3. The van der Waals surface area contributed by atoms with Crippen LogP contribution in [0.3, 0.4) is 0 Å². The lowest BCUT2D eigenvalue weighted by molar-refractivity contribution is -0.142. The third kappa shape index (κ3) is 3.73. The minimum atomic E-state index is -3.13. The zero-order valence-corrected chi connectivity index (χ0v) is 13.6. The Kier molecular flexibility index (Phi) is 6.45. The van der Waals surface area contributed by atoms with Crippen molar-refractivity contribution in [2.24, 2.45) is 11.8 Å². The molecule has 5 nitrogen and oxygen atoms in total. The van der Waals surface area contributed by atoms with Gasteiger partial charge in [-0.1, -0.05) is 20.8 Å². The van der Waals surface area contributed by atoms with Gasteiger partial charge in [-0.3, -0.25) is 8.98 Å². The zero-order chi connectivity index (χ0) is 15.3. The molecular formula is C14H26O5S. The molecule has 0 aromatic carbocycles. The van der Waals surface area contributed by atoms with Crippen molar-refractivity contribution in [2.75, 3.05) is 6.61 Å². The summed E-state index contributed by atoms with van der Waals surface area (Å²) in [5.74, 6) is 0.875. The molecule has 0 aromatic rings. The topological polar surface area (TPSA) is 69.7 Å². The predicted molar refractivity (Wildman–Crippen MR) is 76.7 cm³/mol. The Morgan fingerprint density at radius 2 is 1.85 bits per heavy atom. The molecule has 0 amide bonds. The Balaban J connectivity index is 0.000000196. The normalized spacial score (nSPS) is 34.6. The van der Waals surface area contributed by atoms with Gasteiger partial charge in [0.05, 0.1) is 18.0 Å². The molecule has 1 aliphatic heterocycles. The van der Waals surface area contributed by atoms with Crippen molar-refractivity contribution in [3.05, 3.63) is 0 Å². The lowest BCUT2D eigenvalue weighted by Crippen LogP contribution is -2.21. The van der Waals surface area contributed by atoms with Crippen molar-refractivity contribution in [3.8, 4) is 0 Å². The molecule has 3 fully saturated rings. The van der Waals surface area contributed by atoms with Gasteiger partial charge in [0.25, 0.3) is 10.1 Å². The van der Waals surface area contributed by atoms with Crippen molar-refractivity contribution < 1.29 is 22.1 Å². The summed E-state index contributed by atoms with van der Waals surface area (Å²) in [6.45, 7) is 8.07. The minimum absolute atomic E-state index is 0.0590. The molecule has 0 spiro atoms. The van der Waals surface area contributed by atoms with Crippen LogP contribution >= 0.6 is 0 Å². The highest BCUT2D eigenvalue weighted by Crippen LogP contribution is 2.54. The predicted octanol–water partition coefficient (Wildman–Crippen LogP) is 2.50. The van der Waals surface area contributed by atoms with Crippen LogP contribution in [0.2, 0.25) is 0 Å². The van der Waals surface area contributed by atoms with Gasteiger partial charge in [0, 0.05) is 12.3 Å². The Labute approximate surface area is 122 Å². The van der Waals surface area contributed by atoms with Crippen LogP contribution in [0.25, 0.3) is 0 Å². The second kappa shape index (κ2) is 7.41. The lowest BCUT2D eigenvalue weighted by Gasteiger charge is -2.11. The number of carbonyl (C=O) groups is 1. The molecule has 6 heteroatoms. The van der Waals surface area contributed by atoms with Crippen molar-refractivity contribution >= 4 is 16.1 Å². The molecule has 3 rings (SSSR count). The van der Waals surface area contributed by atoms with E-state index in [1.807, 2.05) is 13.8 Å². The summed E-state index contributed by atoms with van der Waals surface area (Å²) in [4.78, 5) is 10.2. The minimum Gasteiger partial charge on any atom is -0.466 e. The maximum Gasteiger partial charge on any atom is 0.305 e. The van der Waals surface area contributed by atoms with Crippen molar-refractivity contribution in [3.63, 3.8) is 0 Å². The number of hydrogen-bond donors (Lipinski definition) is 0. The van der Waals surface area contributed by atoms with Crippen LogP contribution in [0.15, 0.2) is 0 Å². The molecule has 4 unspecified atom stereocenters. The maximum absolute atomic E-state index is 11.3. The van der Waals surface area contributed by atoms with Gasteiger partial charge in [0.2, 0.25) is 0 Å². The number of esters is 1. The van der Waals surface area contributed by atoms with Gasteiger partial charge in [-0.05, 0) is 32.1 Å². The van der Waals surface area contributed by atoms with Gasteiger partial charge in [-0.15, -0.1) is 0 Å². The summed E-state index contributed by atoms with van der Waals surface area (Å²) in [5, 5.41) is -0.133. The summed E-state index contributed by atoms with van der Waals surface area (Å²) < 4.78 is 32.1. The van der Waals surface area contributed by atoms with Crippen LogP contribution in [-0.2, 0) is 23.8 Å². The first-order chi connectivity index (χ1) is 9.47. The molecule has 2 saturated carbocycles. The first-order valence-corrected chi connectivity index (χ1v) is 9.02. The SMILES string of the molecule is CC.CCOC(=O)CC.O=S1(=O)OC2CC3CC2C1C3. The molecule has 118 valence electrons. The molecule has 0 radical (unpaired) electrons. The molecule has 0 aromatic heterocycles. The Bertz CT molecular complexity index is 415. The largest absolute Gasteiger partial charge is 0.466 e. The van der Waals surface area contributed by atoms with Crippen LogP contribution in [0.1, 0.15) is 53.4 Å². The molecule has 20 heavy (non-hydrogen) atoms. The van der Waals surface area contributed by atoms with Crippen molar-refractivity contribution in [1.29, 1.82) is 0 Å². The third-order valence-electron chi connectivity index (χ3n) is 3.91. The van der Waals surface area contributed by atoms with Crippen LogP contribution in [0.4, 0.5) is 0 Å². The number of carbonyl (C=O) groups excluding carboxylic acids is 1. The van der Waals surface area contributed by atoms with E-state index in [2.05, 4.69) is 4.74 Å². The number of hydrogen-bond acceptors (Lipinski definition) is 5. The van der Waals surface area contributed by atoms with E-state index in [0.717, 1.165) is 19.3 Å². The van der Waals surface area contributed by atoms with Crippen molar-refractivity contribution in [2.45, 2.75) is 64.7 Å². The van der Waals surface area contributed by atoms with Crippen molar-refractivity contribution in [1.82, 2.24) is 0 Å². The molecular weight excluding hydrogens is 280 g/mol.